The van der Waals surface area contributed by atoms with Crippen molar-refractivity contribution in [3.63, 3.8) is 0 Å². The number of benzene rings is 3. The summed E-state index contributed by atoms with van der Waals surface area (Å²) in [6.07, 6.45) is 0. The highest BCUT2D eigenvalue weighted by Crippen LogP contribution is 2.31. The summed E-state index contributed by atoms with van der Waals surface area (Å²) in [6.45, 7) is 1.85. The van der Waals surface area contributed by atoms with Gasteiger partial charge in [0.05, 0.1) is 17.6 Å². The predicted molar refractivity (Wildman–Crippen MR) is 112 cm³/mol. The Morgan fingerprint density at radius 3 is 2.36 bits per heavy atom. The molecule has 0 saturated heterocycles. The zero-order valence-corrected chi connectivity index (χ0v) is 16.1. The minimum atomic E-state index is -0.279. The molecule has 0 atom stereocenters. The third-order valence-electron chi connectivity index (χ3n) is 4.82. The molecule has 0 unspecified atom stereocenters. The van der Waals surface area contributed by atoms with E-state index in [9.17, 15) is 9.18 Å². The Balaban J connectivity index is 1.85. The summed E-state index contributed by atoms with van der Waals surface area (Å²) in [5.74, 6) is 0.227. The zero-order chi connectivity index (χ0) is 19.8. The van der Waals surface area contributed by atoms with Gasteiger partial charge in [-0.1, -0.05) is 54.1 Å². The lowest BCUT2D eigenvalue weighted by molar-refractivity contribution is 0.415. The van der Waals surface area contributed by atoms with Crippen LogP contribution < -0.4 is 10.2 Å². The largest absolute Gasteiger partial charge is 0.495 e. The Hall–Kier alpha value is -3.11. The van der Waals surface area contributed by atoms with Gasteiger partial charge in [-0.05, 0) is 30.2 Å². The van der Waals surface area contributed by atoms with Gasteiger partial charge in [-0.15, -0.1) is 0 Å². The van der Waals surface area contributed by atoms with Gasteiger partial charge in [-0.2, -0.15) is 0 Å². The fraction of sp³-hybridized carbons (Fsp3) is 0.0870. The van der Waals surface area contributed by atoms with E-state index in [1.165, 1.54) is 13.2 Å². The second-order valence-corrected chi connectivity index (χ2v) is 6.95. The summed E-state index contributed by atoms with van der Waals surface area (Å²) in [7, 11) is 1.53. The highest BCUT2D eigenvalue weighted by atomic mass is 35.5. The van der Waals surface area contributed by atoms with Crippen LogP contribution in [-0.4, -0.2) is 12.1 Å². The maximum atomic E-state index is 14.0. The summed E-state index contributed by atoms with van der Waals surface area (Å²) in [5, 5.41) is 0.870. The topological polar surface area (TPSA) is 42.1 Å². The Bertz CT molecular complexity index is 1250. The van der Waals surface area contributed by atoms with Gasteiger partial charge in [-0.25, -0.2) is 4.39 Å². The van der Waals surface area contributed by atoms with E-state index >= 15 is 0 Å². The van der Waals surface area contributed by atoms with Crippen molar-refractivity contribution in [2.45, 2.75) is 6.92 Å². The number of fused-ring (bicyclic) bond motifs is 1. The predicted octanol–water partition coefficient (Wildman–Crippen LogP) is 5.97. The number of aromatic amines is 1. The first-order valence-electron chi connectivity index (χ1n) is 8.75. The van der Waals surface area contributed by atoms with Crippen LogP contribution in [0.2, 0.25) is 5.02 Å². The van der Waals surface area contributed by atoms with Crippen LogP contribution in [0.25, 0.3) is 33.2 Å². The second-order valence-electron chi connectivity index (χ2n) is 6.54. The molecule has 1 aromatic heterocycles. The average Bonchev–Trinajstić information content (AvgIpc) is 2.69. The molecular formula is C23H17ClFNO2. The van der Waals surface area contributed by atoms with Gasteiger partial charge in [0.25, 0.3) is 0 Å². The lowest BCUT2D eigenvalue weighted by Crippen LogP contribution is -2.10. The summed E-state index contributed by atoms with van der Waals surface area (Å²) in [6, 6.07) is 17.2. The Kier molecular flexibility index (Phi) is 4.65. The zero-order valence-electron chi connectivity index (χ0n) is 15.3. The van der Waals surface area contributed by atoms with E-state index in [1.54, 1.807) is 30.3 Å². The van der Waals surface area contributed by atoms with E-state index in [4.69, 9.17) is 16.3 Å². The maximum Gasteiger partial charge on any atom is 0.197 e. The standard InChI is InChI=1S/C23H17ClFNO2/c1-13-22(23(27)17-11-18(24)21(28-2)12-20(17)26-13)15-9-7-14(8-10-15)16-5-3-4-6-19(16)25/h3-12H,1-2H3,(H,26,27). The van der Waals surface area contributed by atoms with Gasteiger partial charge in [0.15, 0.2) is 5.43 Å². The van der Waals surface area contributed by atoms with Crippen molar-refractivity contribution in [2.24, 2.45) is 0 Å². The number of rotatable bonds is 3. The van der Waals surface area contributed by atoms with E-state index in [-0.39, 0.29) is 11.2 Å². The third kappa shape index (κ3) is 3.06. The molecule has 0 amide bonds. The fourth-order valence-corrected chi connectivity index (χ4v) is 3.67. The summed E-state index contributed by atoms with van der Waals surface area (Å²) >= 11 is 6.20. The molecule has 1 N–H and O–H groups in total. The smallest absolute Gasteiger partial charge is 0.197 e. The number of pyridine rings is 1. The van der Waals surface area contributed by atoms with Crippen molar-refractivity contribution in [1.29, 1.82) is 0 Å². The van der Waals surface area contributed by atoms with Gasteiger partial charge in [0, 0.05) is 28.3 Å². The highest BCUT2D eigenvalue weighted by Gasteiger charge is 2.14. The number of aryl methyl sites for hydroxylation is 1. The van der Waals surface area contributed by atoms with Crippen LogP contribution >= 0.6 is 11.6 Å². The molecule has 0 aliphatic rings. The minimum Gasteiger partial charge on any atom is -0.495 e. The van der Waals surface area contributed by atoms with Crippen LogP contribution in [-0.2, 0) is 0 Å². The molecule has 0 radical (unpaired) electrons. The highest BCUT2D eigenvalue weighted by molar-refractivity contribution is 6.32. The number of H-pyrrole nitrogens is 1. The number of hydrogen-bond acceptors (Lipinski definition) is 2. The maximum absolute atomic E-state index is 14.0. The van der Waals surface area contributed by atoms with E-state index in [2.05, 4.69) is 4.98 Å². The molecule has 4 aromatic rings. The molecule has 1 heterocycles. The molecule has 3 nitrogen and oxygen atoms in total. The van der Waals surface area contributed by atoms with Gasteiger partial charge in [0.2, 0.25) is 0 Å². The number of hydrogen-bond donors (Lipinski definition) is 1. The Labute approximate surface area is 166 Å². The van der Waals surface area contributed by atoms with Crippen LogP contribution in [0.5, 0.6) is 5.75 Å². The SMILES string of the molecule is COc1cc2[nH]c(C)c(-c3ccc(-c4ccccc4F)cc3)c(=O)c2cc1Cl. The molecule has 5 heteroatoms. The molecule has 0 saturated carbocycles. The van der Waals surface area contributed by atoms with Crippen LogP contribution in [0.4, 0.5) is 4.39 Å². The van der Waals surface area contributed by atoms with Gasteiger partial charge in [-0.3, -0.25) is 4.79 Å². The van der Waals surface area contributed by atoms with Crippen molar-refractivity contribution in [2.75, 3.05) is 7.11 Å². The second kappa shape index (κ2) is 7.13. The molecule has 0 fully saturated rings. The fourth-order valence-electron chi connectivity index (χ4n) is 3.43. The van der Waals surface area contributed by atoms with Crippen molar-refractivity contribution < 1.29 is 9.13 Å². The first-order chi connectivity index (χ1) is 13.5. The van der Waals surface area contributed by atoms with Crippen molar-refractivity contribution in [3.05, 3.63) is 87.4 Å². The molecule has 0 bridgehead atoms. The average molecular weight is 394 g/mol. The quantitative estimate of drug-likeness (QED) is 0.465. The summed E-state index contributed by atoms with van der Waals surface area (Å²) in [4.78, 5) is 16.4. The van der Waals surface area contributed by atoms with E-state index in [0.717, 1.165) is 16.8 Å². The van der Waals surface area contributed by atoms with Gasteiger partial charge < -0.3 is 9.72 Å². The van der Waals surface area contributed by atoms with Crippen molar-refractivity contribution in [1.82, 2.24) is 4.98 Å². The molecule has 28 heavy (non-hydrogen) atoms. The summed E-state index contributed by atoms with van der Waals surface area (Å²) in [5.41, 5.74) is 3.88. The molecule has 140 valence electrons. The number of ether oxygens (including phenoxy) is 1. The van der Waals surface area contributed by atoms with Gasteiger partial charge in [0.1, 0.15) is 11.6 Å². The van der Waals surface area contributed by atoms with Crippen LogP contribution in [0.3, 0.4) is 0 Å². The lowest BCUT2D eigenvalue weighted by atomic mass is 9.98. The summed E-state index contributed by atoms with van der Waals surface area (Å²) < 4.78 is 19.3. The first kappa shape index (κ1) is 18.3. The lowest BCUT2D eigenvalue weighted by Gasteiger charge is -2.11. The minimum absolute atomic E-state index is 0.116. The van der Waals surface area contributed by atoms with E-state index in [0.29, 0.717) is 32.8 Å². The molecule has 3 aromatic carbocycles. The number of methoxy groups -OCH3 is 1. The third-order valence-corrected chi connectivity index (χ3v) is 5.11. The number of nitrogens with one attached hydrogen (secondary N) is 1. The Morgan fingerprint density at radius 2 is 1.68 bits per heavy atom. The molecular weight excluding hydrogens is 377 g/mol. The first-order valence-corrected chi connectivity index (χ1v) is 9.13. The molecule has 0 aliphatic heterocycles. The number of halogens is 2. The normalized spacial score (nSPS) is 11.0. The van der Waals surface area contributed by atoms with Crippen LogP contribution in [0.1, 0.15) is 5.69 Å². The molecule has 0 aliphatic carbocycles. The van der Waals surface area contributed by atoms with Crippen LogP contribution in [0, 0.1) is 12.7 Å². The van der Waals surface area contributed by atoms with E-state index in [1.807, 2.05) is 31.2 Å². The van der Waals surface area contributed by atoms with E-state index < -0.39 is 0 Å². The van der Waals surface area contributed by atoms with Crippen molar-refractivity contribution >= 4 is 22.5 Å². The van der Waals surface area contributed by atoms with Crippen molar-refractivity contribution in [3.8, 4) is 28.0 Å². The van der Waals surface area contributed by atoms with Gasteiger partial charge >= 0.3 is 0 Å². The number of aromatic nitrogens is 1. The molecule has 0 spiro atoms. The monoisotopic (exact) mass is 393 g/mol. The molecule has 4 rings (SSSR count). The van der Waals surface area contributed by atoms with Crippen LogP contribution in [0.15, 0.2) is 65.5 Å². The Morgan fingerprint density at radius 1 is 1.00 bits per heavy atom.